The molecule has 1 aromatic carbocycles. The predicted molar refractivity (Wildman–Crippen MR) is 78.7 cm³/mol. The number of halogens is 1. The molecule has 0 saturated carbocycles. The summed E-state index contributed by atoms with van der Waals surface area (Å²) in [4.78, 5) is 11.9. The first-order chi connectivity index (χ1) is 8.81. The van der Waals surface area contributed by atoms with E-state index in [1.54, 1.807) is 6.07 Å². The first-order valence-electron chi connectivity index (χ1n) is 5.79. The number of sulfonamides is 1. The quantitative estimate of drug-likeness (QED) is 0.763. The van der Waals surface area contributed by atoms with Crippen molar-refractivity contribution in [2.75, 3.05) is 19.3 Å². The Morgan fingerprint density at radius 3 is 2.63 bits per heavy atom. The van der Waals surface area contributed by atoms with Gasteiger partial charge in [0, 0.05) is 17.6 Å². The lowest BCUT2D eigenvalue weighted by atomic mass is 10.1. The number of rotatable bonds is 6. The third-order valence-electron chi connectivity index (χ3n) is 2.44. The van der Waals surface area contributed by atoms with Gasteiger partial charge in [-0.3, -0.25) is 4.79 Å². The first-order valence-corrected chi connectivity index (χ1v) is 8.47. The highest BCUT2D eigenvalue weighted by Gasteiger charge is 2.10. The standard InChI is InChI=1S/C12H17BrN2O3S/c1-9-5-3-6-10(11(9)13)12(16)14-7-4-8-15-19(2,17)18/h3,5-6,15H,4,7-8H2,1-2H3,(H,14,16). The molecule has 0 aliphatic rings. The number of carbonyl (C=O) groups excluding carboxylic acids is 1. The summed E-state index contributed by atoms with van der Waals surface area (Å²) < 4.78 is 24.8. The van der Waals surface area contributed by atoms with Crippen molar-refractivity contribution in [2.45, 2.75) is 13.3 Å². The van der Waals surface area contributed by atoms with E-state index >= 15 is 0 Å². The van der Waals surface area contributed by atoms with E-state index < -0.39 is 10.0 Å². The van der Waals surface area contributed by atoms with E-state index in [1.165, 1.54) is 0 Å². The summed E-state index contributed by atoms with van der Waals surface area (Å²) in [6.45, 7) is 2.65. The van der Waals surface area contributed by atoms with Crippen molar-refractivity contribution in [2.24, 2.45) is 0 Å². The van der Waals surface area contributed by atoms with Crippen molar-refractivity contribution in [1.29, 1.82) is 0 Å². The van der Waals surface area contributed by atoms with E-state index in [0.29, 0.717) is 25.1 Å². The molecule has 7 heteroatoms. The minimum atomic E-state index is -3.16. The van der Waals surface area contributed by atoms with Crippen LogP contribution in [0.5, 0.6) is 0 Å². The Morgan fingerprint density at radius 1 is 1.32 bits per heavy atom. The van der Waals surface area contributed by atoms with Crippen LogP contribution in [-0.2, 0) is 10.0 Å². The highest BCUT2D eigenvalue weighted by atomic mass is 79.9. The largest absolute Gasteiger partial charge is 0.352 e. The minimum absolute atomic E-state index is 0.171. The Kier molecular flexibility index (Phi) is 5.96. The molecule has 0 radical (unpaired) electrons. The number of amides is 1. The third kappa shape index (κ3) is 5.71. The number of hydrogen-bond donors (Lipinski definition) is 2. The highest BCUT2D eigenvalue weighted by molar-refractivity contribution is 9.10. The Morgan fingerprint density at radius 2 is 2.00 bits per heavy atom. The Bertz CT molecular complexity index is 558. The van der Waals surface area contributed by atoms with Gasteiger partial charge in [0.25, 0.3) is 5.91 Å². The number of hydrogen-bond acceptors (Lipinski definition) is 3. The van der Waals surface area contributed by atoms with Gasteiger partial charge in [-0.15, -0.1) is 0 Å². The van der Waals surface area contributed by atoms with Crippen LogP contribution in [0.1, 0.15) is 22.3 Å². The summed E-state index contributed by atoms with van der Waals surface area (Å²) in [5.41, 5.74) is 1.57. The minimum Gasteiger partial charge on any atom is -0.352 e. The first kappa shape index (κ1) is 16.1. The molecule has 0 aromatic heterocycles. The molecular weight excluding hydrogens is 332 g/mol. The van der Waals surface area contributed by atoms with Gasteiger partial charge in [0.15, 0.2) is 0 Å². The van der Waals surface area contributed by atoms with Crippen LogP contribution in [0.4, 0.5) is 0 Å². The fourth-order valence-electron chi connectivity index (χ4n) is 1.47. The second-order valence-corrected chi connectivity index (χ2v) is 6.84. The second-order valence-electron chi connectivity index (χ2n) is 4.21. The van der Waals surface area contributed by atoms with Crippen molar-refractivity contribution >= 4 is 31.9 Å². The number of aryl methyl sites for hydroxylation is 1. The summed E-state index contributed by atoms with van der Waals surface area (Å²) in [6, 6.07) is 5.47. The summed E-state index contributed by atoms with van der Waals surface area (Å²) in [7, 11) is -3.16. The average molecular weight is 349 g/mol. The fourth-order valence-corrected chi connectivity index (χ4v) is 2.43. The summed E-state index contributed by atoms with van der Waals surface area (Å²) in [5.74, 6) is -0.171. The van der Waals surface area contributed by atoms with E-state index in [-0.39, 0.29) is 5.91 Å². The molecule has 0 spiro atoms. The van der Waals surface area contributed by atoms with E-state index in [0.717, 1.165) is 16.3 Å². The molecule has 1 amide bonds. The Hall–Kier alpha value is -0.920. The van der Waals surface area contributed by atoms with Crippen LogP contribution in [0.25, 0.3) is 0 Å². The topological polar surface area (TPSA) is 75.3 Å². The van der Waals surface area contributed by atoms with Crippen LogP contribution in [0.3, 0.4) is 0 Å². The third-order valence-corrected chi connectivity index (χ3v) is 4.22. The van der Waals surface area contributed by atoms with Gasteiger partial charge in [0.05, 0.1) is 11.8 Å². The molecular formula is C12H17BrN2O3S. The number of benzene rings is 1. The maximum absolute atomic E-state index is 11.9. The molecule has 0 heterocycles. The van der Waals surface area contributed by atoms with Gasteiger partial charge in [-0.1, -0.05) is 12.1 Å². The van der Waals surface area contributed by atoms with Gasteiger partial charge in [-0.05, 0) is 40.9 Å². The van der Waals surface area contributed by atoms with Gasteiger partial charge in [-0.2, -0.15) is 0 Å². The summed E-state index contributed by atoms with van der Waals surface area (Å²) in [5, 5.41) is 2.75. The molecule has 0 aliphatic heterocycles. The monoisotopic (exact) mass is 348 g/mol. The normalized spacial score (nSPS) is 11.3. The zero-order valence-corrected chi connectivity index (χ0v) is 13.3. The second kappa shape index (κ2) is 7.02. The molecule has 0 fully saturated rings. The molecule has 0 atom stereocenters. The lowest BCUT2D eigenvalue weighted by Gasteiger charge is -2.08. The summed E-state index contributed by atoms with van der Waals surface area (Å²) in [6.07, 6.45) is 1.65. The zero-order valence-electron chi connectivity index (χ0n) is 10.9. The molecule has 0 saturated heterocycles. The Labute approximate surface area is 122 Å². The van der Waals surface area contributed by atoms with E-state index in [2.05, 4.69) is 26.0 Å². The van der Waals surface area contributed by atoms with Crippen molar-refractivity contribution in [3.63, 3.8) is 0 Å². The van der Waals surface area contributed by atoms with Gasteiger partial charge in [0.1, 0.15) is 0 Å². The van der Waals surface area contributed by atoms with Crippen LogP contribution in [-0.4, -0.2) is 33.7 Å². The van der Waals surface area contributed by atoms with Crippen LogP contribution in [0.15, 0.2) is 22.7 Å². The van der Waals surface area contributed by atoms with Gasteiger partial charge < -0.3 is 5.32 Å². The molecule has 0 aliphatic carbocycles. The van der Waals surface area contributed by atoms with Crippen molar-refractivity contribution in [1.82, 2.24) is 10.0 Å². The maximum Gasteiger partial charge on any atom is 0.252 e. The van der Waals surface area contributed by atoms with Crippen molar-refractivity contribution in [3.8, 4) is 0 Å². The predicted octanol–water partition coefficient (Wildman–Crippen LogP) is 1.43. The van der Waals surface area contributed by atoms with Gasteiger partial charge >= 0.3 is 0 Å². The van der Waals surface area contributed by atoms with Crippen LogP contribution >= 0.6 is 15.9 Å². The van der Waals surface area contributed by atoms with Gasteiger partial charge in [0.2, 0.25) is 10.0 Å². The lowest BCUT2D eigenvalue weighted by Crippen LogP contribution is -2.29. The molecule has 0 bridgehead atoms. The molecule has 0 unspecified atom stereocenters. The Balaban J connectivity index is 2.42. The van der Waals surface area contributed by atoms with Crippen molar-refractivity contribution < 1.29 is 13.2 Å². The smallest absolute Gasteiger partial charge is 0.252 e. The van der Waals surface area contributed by atoms with E-state index in [9.17, 15) is 13.2 Å². The SMILES string of the molecule is Cc1cccc(C(=O)NCCCNS(C)(=O)=O)c1Br. The van der Waals surface area contributed by atoms with Crippen LogP contribution < -0.4 is 10.0 Å². The van der Waals surface area contributed by atoms with Crippen molar-refractivity contribution in [3.05, 3.63) is 33.8 Å². The molecule has 5 nitrogen and oxygen atoms in total. The lowest BCUT2D eigenvalue weighted by molar-refractivity contribution is 0.0952. The average Bonchev–Trinajstić information content (AvgIpc) is 2.30. The molecule has 1 aromatic rings. The zero-order chi connectivity index (χ0) is 14.5. The number of carbonyl (C=O) groups is 1. The van der Waals surface area contributed by atoms with Crippen LogP contribution in [0, 0.1) is 6.92 Å². The molecule has 2 N–H and O–H groups in total. The molecule has 19 heavy (non-hydrogen) atoms. The van der Waals surface area contributed by atoms with E-state index in [1.807, 2.05) is 19.1 Å². The van der Waals surface area contributed by atoms with Gasteiger partial charge in [-0.25, -0.2) is 13.1 Å². The maximum atomic E-state index is 11.9. The van der Waals surface area contributed by atoms with Crippen LogP contribution in [0.2, 0.25) is 0 Å². The summed E-state index contributed by atoms with van der Waals surface area (Å²) >= 11 is 3.38. The fraction of sp³-hybridized carbons (Fsp3) is 0.417. The molecule has 106 valence electrons. The van der Waals surface area contributed by atoms with E-state index in [4.69, 9.17) is 0 Å². The molecule has 1 rings (SSSR count). The highest BCUT2D eigenvalue weighted by Crippen LogP contribution is 2.20. The number of nitrogens with one attached hydrogen (secondary N) is 2.